The van der Waals surface area contributed by atoms with Gasteiger partial charge in [-0.3, -0.25) is 0 Å². The molecule has 1 aromatic rings. The number of hydrogen-bond acceptors (Lipinski definition) is 2. The van der Waals surface area contributed by atoms with E-state index in [9.17, 15) is 13.2 Å². The van der Waals surface area contributed by atoms with Gasteiger partial charge >= 0.3 is 6.18 Å². The van der Waals surface area contributed by atoms with Crippen LogP contribution in [-0.4, -0.2) is 12.7 Å². The van der Waals surface area contributed by atoms with Crippen LogP contribution in [0.2, 0.25) is 5.02 Å². The molecule has 1 unspecified atom stereocenters. The molecule has 1 atom stereocenters. The summed E-state index contributed by atoms with van der Waals surface area (Å²) in [6.45, 7) is 2.67. The molecular weight excluding hydrogens is 271 g/mol. The van der Waals surface area contributed by atoms with Gasteiger partial charge in [0.25, 0.3) is 0 Å². The van der Waals surface area contributed by atoms with Gasteiger partial charge in [0.05, 0.1) is 5.02 Å². The van der Waals surface area contributed by atoms with Crippen molar-refractivity contribution in [2.75, 3.05) is 6.54 Å². The summed E-state index contributed by atoms with van der Waals surface area (Å²) in [5, 5.41) is 5.46. The van der Waals surface area contributed by atoms with E-state index < -0.39 is 12.6 Å². The maximum atomic E-state index is 12.2. The summed E-state index contributed by atoms with van der Waals surface area (Å²) >= 11 is 7.35. The van der Waals surface area contributed by atoms with Crippen LogP contribution in [0.1, 0.15) is 37.1 Å². The molecule has 17 heavy (non-hydrogen) atoms. The highest BCUT2D eigenvalue weighted by molar-refractivity contribution is 7.10. The van der Waals surface area contributed by atoms with E-state index in [1.54, 1.807) is 11.4 Å². The van der Waals surface area contributed by atoms with Crippen LogP contribution in [0.4, 0.5) is 13.2 Å². The summed E-state index contributed by atoms with van der Waals surface area (Å²) in [7, 11) is 0. The number of hydrogen-bond donors (Lipinski definition) is 1. The first-order valence-electron chi connectivity index (χ1n) is 5.47. The van der Waals surface area contributed by atoms with Crippen LogP contribution in [0, 0.1) is 0 Å². The molecule has 0 saturated carbocycles. The Morgan fingerprint density at radius 2 is 2.18 bits per heavy atom. The molecule has 98 valence electrons. The standard InChI is InChI=1S/C11H15ClF3NS/c1-2-6-16-9(3-5-11(13,14)15)10-8(12)4-7-17-10/h4,7,9,16H,2-3,5-6H2,1H3. The Hall–Kier alpha value is -0.260. The molecule has 1 heterocycles. The zero-order chi connectivity index (χ0) is 12.9. The monoisotopic (exact) mass is 285 g/mol. The highest BCUT2D eigenvalue weighted by Gasteiger charge is 2.29. The van der Waals surface area contributed by atoms with Crippen molar-refractivity contribution in [3.8, 4) is 0 Å². The summed E-state index contributed by atoms with van der Waals surface area (Å²) in [5.74, 6) is 0. The largest absolute Gasteiger partial charge is 0.389 e. The van der Waals surface area contributed by atoms with Gasteiger partial charge in [-0.1, -0.05) is 18.5 Å². The van der Waals surface area contributed by atoms with Crippen LogP contribution in [0.3, 0.4) is 0 Å². The second-order valence-corrected chi connectivity index (χ2v) is 5.15. The molecule has 0 bridgehead atoms. The zero-order valence-corrected chi connectivity index (χ0v) is 11.1. The molecule has 0 aliphatic heterocycles. The van der Waals surface area contributed by atoms with Gasteiger partial charge in [0.1, 0.15) is 0 Å². The van der Waals surface area contributed by atoms with Crippen LogP contribution < -0.4 is 5.32 Å². The Balaban J connectivity index is 2.64. The number of alkyl halides is 3. The van der Waals surface area contributed by atoms with Gasteiger partial charge in [0.15, 0.2) is 0 Å². The number of rotatable bonds is 6. The first kappa shape index (κ1) is 14.8. The Morgan fingerprint density at radius 3 is 2.65 bits per heavy atom. The van der Waals surface area contributed by atoms with Gasteiger partial charge in [-0.05, 0) is 30.8 Å². The Labute approximate surface area is 108 Å². The molecular formula is C11H15ClF3NS. The van der Waals surface area contributed by atoms with Crippen molar-refractivity contribution in [3.63, 3.8) is 0 Å². The molecule has 0 saturated heterocycles. The van der Waals surface area contributed by atoms with Crippen molar-refractivity contribution in [3.05, 3.63) is 21.3 Å². The van der Waals surface area contributed by atoms with E-state index in [1.807, 2.05) is 6.92 Å². The van der Waals surface area contributed by atoms with Gasteiger partial charge in [0, 0.05) is 17.3 Å². The molecule has 0 spiro atoms. The van der Waals surface area contributed by atoms with E-state index >= 15 is 0 Å². The van der Waals surface area contributed by atoms with E-state index in [4.69, 9.17) is 11.6 Å². The van der Waals surface area contributed by atoms with E-state index in [1.165, 1.54) is 11.3 Å². The molecule has 1 nitrogen and oxygen atoms in total. The lowest BCUT2D eigenvalue weighted by atomic mass is 10.1. The predicted molar refractivity (Wildman–Crippen MR) is 65.7 cm³/mol. The predicted octanol–water partition coefficient (Wildman–Crippen LogP) is 4.78. The second kappa shape index (κ2) is 6.61. The first-order chi connectivity index (χ1) is 7.94. The summed E-state index contributed by atoms with van der Waals surface area (Å²) in [4.78, 5) is 0.796. The number of thiophene rings is 1. The van der Waals surface area contributed by atoms with E-state index in [-0.39, 0.29) is 12.5 Å². The van der Waals surface area contributed by atoms with Gasteiger partial charge in [-0.25, -0.2) is 0 Å². The highest BCUT2D eigenvalue weighted by atomic mass is 35.5. The van der Waals surface area contributed by atoms with E-state index in [2.05, 4.69) is 5.32 Å². The zero-order valence-electron chi connectivity index (χ0n) is 9.48. The molecule has 1 N–H and O–H groups in total. The maximum absolute atomic E-state index is 12.2. The quantitative estimate of drug-likeness (QED) is 0.793. The van der Waals surface area contributed by atoms with Crippen molar-refractivity contribution in [1.29, 1.82) is 0 Å². The van der Waals surface area contributed by atoms with Crippen LogP contribution in [-0.2, 0) is 0 Å². The van der Waals surface area contributed by atoms with Gasteiger partial charge in [-0.15, -0.1) is 11.3 Å². The van der Waals surface area contributed by atoms with Crippen LogP contribution in [0.15, 0.2) is 11.4 Å². The molecule has 0 radical (unpaired) electrons. The molecule has 0 aromatic carbocycles. The third kappa shape index (κ3) is 5.27. The molecule has 0 amide bonds. The van der Waals surface area contributed by atoms with E-state index in [0.717, 1.165) is 11.3 Å². The van der Waals surface area contributed by atoms with Crippen molar-refractivity contribution in [2.45, 2.75) is 38.4 Å². The Morgan fingerprint density at radius 1 is 1.47 bits per heavy atom. The van der Waals surface area contributed by atoms with E-state index in [0.29, 0.717) is 11.6 Å². The minimum Gasteiger partial charge on any atom is -0.309 e. The molecule has 0 aliphatic carbocycles. The topological polar surface area (TPSA) is 12.0 Å². The SMILES string of the molecule is CCCNC(CCC(F)(F)F)c1sccc1Cl. The molecule has 0 aliphatic rings. The van der Waals surface area contributed by atoms with Crippen LogP contribution >= 0.6 is 22.9 Å². The van der Waals surface area contributed by atoms with Gasteiger partial charge < -0.3 is 5.32 Å². The fraction of sp³-hybridized carbons (Fsp3) is 0.636. The maximum Gasteiger partial charge on any atom is 0.389 e. The number of halogens is 4. The van der Waals surface area contributed by atoms with Gasteiger partial charge in [0.2, 0.25) is 0 Å². The van der Waals surface area contributed by atoms with Crippen molar-refractivity contribution < 1.29 is 13.2 Å². The smallest absolute Gasteiger partial charge is 0.309 e. The lowest BCUT2D eigenvalue weighted by Gasteiger charge is -2.18. The minimum atomic E-state index is -4.12. The third-order valence-corrected chi connectivity index (χ3v) is 3.79. The average molecular weight is 286 g/mol. The number of nitrogens with one attached hydrogen (secondary N) is 1. The van der Waals surface area contributed by atoms with Crippen molar-refractivity contribution in [2.24, 2.45) is 0 Å². The summed E-state index contributed by atoms with van der Waals surface area (Å²) in [6.07, 6.45) is -3.99. The van der Waals surface area contributed by atoms with Crippen molar-refractivity contribution in [1.82, 2.24) is 5.32 Å². The van der Waals surface area contributed by atoms with Crippen LogP contribution in [0.25, 0.3) is 0 Å². The Kier molecular flexibility index (Phi) is 5.76. The molecule has 1 aromatic heterocycles. The lowest BCUT2D eigenvalue weighted by molar-refractivity contribution is -0.136. The van der Waals surface area contributed by atoms with Crippen LogP contribution in [0.5, 0.6) is 0 Å². The molecule has 1 rings (SSSR count). The average Bonchev–Trinajstić information content (AvgIpc) is 2.63. The second-order valence-electron chi connectivity index (χ2n) is 3.79. The highest BCUT2D eigenvalue weighted by Crippen LogP contribution is 2.34. The Bertz CT molecular complexity index is 338. The minimum absolute atomic E-state index is 0.0315. The summed E-state index contributed by atoms with van der Waals surface area (Å²) in [6, 6.07) is 1.42. The third-order valence-electron chi connectivity index (χ3n) is 2.32. The summed E-state index contributed by atoms with van der Waals surface area (Å²) < 4.78 is 36.7. The summed E-state index contributed by atoms with van der Waals surface area (Å²) in [5.41, 5.74) is 0. The van der Waals surface area contributed by atoms with Crippen molar-refractivity contribution >= 4 is 22.9 Å². The fourth-order valence-electron chi connectivity index (χ4n) is 1.51. The normalized spacial score (nSPS) is 13.9. The molecule has 0 fully saturated rings. The molecule has 6 heteroatoms. The first-order valence-corrected chi connectivity index (χ1v) is 6.73. The fourth-order valence-corrected chi connectivity index (χ4v) is 2.81. The van der Waals surface area contributed by atoms with Gasteiger partial charge in [-0.2, -0.15) is 13.2 Å². The lowest BCUT2D eigenvalue weighted by Crippen LogP contribution is -2.23.